The summed E-state index contributed by atoms with van der Waals surface area (Å²) in [6.07, 6.45) is 3.74. The molecule has 0 amide bonds. The predicted molar refractivity (Wildman–Crippen MR) is 115 cm³/mol. The van der Waals surface area contributed by atoms with Gasteiger partial charge in [0.05, 0.1) is 41.9 Å². The number of aromatic nitrogens is 1. The molecule has 3 rings (SSSR count). The number of hydrogen-bond donors (Lipinski definition) is 2. The molecule has 9 heteroatoms. The molecular formula is C21H25ClN4O4. The summed E-state index contributed by atoms with van der Waals surface area (Å²) in [5.74, 6) is -1.22. The van der Waals surface area contributed by atoms with E-state index in [0.29, 0.717) is 47.8 Å². The van der Waals surface area contributed by atoms with Crippen LogP contribution in [-0.2, 0) is 4.74 Å². The number of aromatic carboxylic acids is 1. The zero-order chi connectivity index (χ0) is 21.7. The monoisotopic (exact) mass is 432 g/mol. The molecular weight excluding hydrogens is 408 g/mol. The van der Waals surface area contributed by atoms with Gasteiger partial charge >= 0.3 is 5.97 Å². The van der Waals surface area contributed by atoms with Crippen molar-refractivity contribution in [2.45, 2.75) is 25.3 Å². The van der Waals surface area contributed by atoms with Gasteiger partial charge in [0.2, 0.25) is 5.43 Å². The van der Waals surface area contributed by atoms with E-state index >= 15 is 0 Å². The van der Waals surface area contributed by atoms with Gasteiger partial charge in [-0.1, -0.05) is 11.6 Å². The Labute approximate surface area is 179 Å². The number of anilines is 1. The van der Waals surface area contributed by atoms with Crippen LogP contribution in [-0.4, -0.2) is 60.4 Å². The minimum absolute atomic E-state index is 0.213. The first-order chi connectivity index (χ1) is 14.4. The summed E-state index contributed by atoms with van der Waals surface area (Å²) >= 11 is 6.45. The van der Waals surface area contributed by atoms with Crippen molar-refractivity contribution in [3.8, 4) is 6.07 Å². The Morgan fingerprint density at radius 2 is 2.17 bits per heavy atom. The number of carboxylic acid groups (broad SMARTS) is 1. The van der Waals surface area contributed by atoms with E-state index in [0.717, 1.165) is 25.9 Å². The highest BCUT2D eigenvalue weighted by atomic mass is 35.5. The fraction of sp³-hybridized carbons (Fsp3) is 0.476. The summed E-state index contributed by atoms with van der Waals surface area (Å²) in [7, 11) is 1.96. The second kappa shape index (κ2) is 9.94. The number of ether oxygens (including phenoxy) is 1. The van der Waals surface area contributed by atoms with Crippen molar-refractivity contribution >= 4 is 34.2 Å². The number of benzene rings is 1. The third kappa shape index (κ3) is 5.30. The summed E-state index contributed by atoms with van der Waals surface area (Å²) in [5.41, 5.74) is 0.541. The fourth-order valence-electron chi connectivity index (χ4n) is 3.25. The van der Waals surface area contributed by atoms with Crippen molar-refractivity contribution in [2.24, 2.45) is 0 Å². The number of nitrogens with zero attached hydrogens (tertiary/aromatic N) is 3. The molecule has 0 unspecified atom stereocenters. The van der Waals surface area contributed by atoms with Gasteiger partial charge in [0, 0.05) is 37.3 Å². The molecule has 1 saturated carbocycles. The van der Waals surface area contributed by atoms with Crippen LogP contribution in [0.4, 0.5) is 5.69 Å². The largest absolute Gasteiger partial charge is 0.477 e. The van der Waals surface area contributed by atoms with Gasteiger partial charge in [0.15, 0.2) is 0 Å². The molecule has 8 nitrogen and oxygen atoms in total. The molecule has 0 aliphatic heterocycles. The Morgan fingerprint density at radius 3 is 2.83 bits per heavy atom. The predicted octanol–water partition coefficient (Wildman–Crippen LogP) is 2.96. The van der Waals surface area contributed by atoms with E-state index in [2.05, 4.69) is 10.2 Å². The molecule has 1 aromatic heterocycles. The Balaban J connectivity index is 1.70. The number of carbonyl (C=O) groups is 1. The van der Waals surface area contributed by atoms with Crippen LogP contribution in [0.2, 0.25) is 5.02 Å². The summed E-state index contributed by atoms with van der Waals surface area (Å²) in [4.78, 5) is 26.3. The van der Waals surface area contributed by atoms with Crippen LogP contribution in [0.25, 0.3) is 10.9 Å². The minimum Gasteiger partial charge on any atom is -0.477 e. The van der Waals surface area contributed by atoms with Gasteiger partial charge in [0.1, 0.15) is 5.56 Å². The lowest BCUT2D eigenvalue weighted by atomic mass is 10.1. The highest BCUT2D eigenvalue weighted by Gasteiger charge is 2.27. The third-order valence-corrected chi connectivity index (χ3v) is 5.39. The maximum absolute atomic E-state index is 12.7. The van der Waals surface area contributed by atoms with Crippen molar-refractivity contribution < 1.29 is 14.6 Å². The lowest BCUT2D eigenvalue weighted by molar-refractivity contribution is 0.0695. The van der Waals surface area contributed by atoms with Crippen LogP contribution in [0.1, 0.15) is 35.7 Å². The fourth-order valence-corrected chi connectivity index (χ4v) is 3.47. The van der Waals surface area contributed by atoms with Crippen LogP contribution < -0.4 is 10.7 Å². The number of hydrogen-bond acceptors (Lipinski definition) is 6. The Kier molecular flexibility index (Phi) is 7.32. The second-order valence-corrected chi connectivity index (χ2v) is 7.82. The summed E-state index contributed by atoms with van der Waals surface area (Å²) in [6, 6.07) is 5.63. The molecule has 1 aliphatic rings. The van der Waals surface area contributed by atoms with Gasteiger partial charge in [-0.25, -0.2) is 4.79 Å². The topological polar surface area (TPSA) is 108 Å². The van der Waals surface area contributed by atoms with Crippen molar-refractivity contribution in [3.05, 3.63) is 39.1 Å². The Hall–Kier alpha value is -2.60. The molecule has 0 saturated heterocycles. The summed E-state index contributed by atoms with van der Waals surface area (Å²) < 4.78 is 7.22. The van der Waals surface area contributed by atoms with Gasteiger partial charge < -0.3 is 24.6 Å². The van der Waals surface area contributed by atoms with Gasteiger partial charge in [-0.05, 0) is 32.0 Å². The number of rotatable bonds is 11. The number of fused-ring (bicyclic) bond motifs is 1. The molecule has 1 aliphatic carbocycles. The number of pyridine rings is 1. The maximum atomic E-state index is 12.7. The van der Waals surface area contributed by atoms with Gasteiger partial charge in [0.25, 0.3) is 0 Å². The van der Waals surface area contributed by atoms with Gasteiger partial charge in [-0.2, -0.15) is 5.26 Å². The normalized spacial score (nSPS) is 13.5. The molecule has 0 atom stereocenters. The maximum Gasteiger partial charge on any atom is 0.341 e. The van der Waals surface area contributed by atoms with Crippen molar-refractivity contribution in [3.63, 3.8) is 0 Å². The molecule has 2 aromatic rings. The molecule has 0 radical (unpaired) electrons. The molecule has 0 bridgehead atoms. The van der Waals surface area contributed by atoms with Crippen LogP contribution in [0.5, 0.6) is 0 Å². The van der Waals surface area contributed by atoms with E-state index in [4.69, 9.17) is 21.6 Å². The molecule has 1 aromatic carbocycles. The molecule has 160 valence electrons. The second-order valence-electron chi connectivity index (χ2n) is 7.42. The number of nitrogens with one attached hydrogen (secondary N) is 1. The molecule has 30 heavy (non-hydrogen) atoms. The Bertz CT molecular complexity index is 1030. The standard InChI is InChI=1S/C21H25ClN4O4/c1-25(8-10-30-9-2-5-23)7-6-24-18-11-15-19(12-17(18)22)26(14-3-4-14)13-16(20(15)27)21(28)29/h11-14,24H,2-4,6-10H2,1H3,(H,28,29). The average Bonchev–Trinajstić information content (AvgIpc) is 3.54. The SMILES string of the molecule is CN(CCNc1cc2c(=O)c(C(=O)O)cn(C3CC3)c2cc1Cl)CCOCCC#N. The highest BCUT2D eigenvalue weighted by molar-refractivity contribution is 6.34. The van der Waals surface area contributed by atoms with Crippen LogP contribution in [0.3, 0.4) is 0 Å². The van der Waals surface area contributed by atoms with Gasteiger partial charge in [-0.3, -0.25) is 4.79 Å². The number of nitriles is 1. The van der Waals surface area contributed by atoms with E-state index in [1.807, 2.05) is 17.7 Å². The van der Waals surface area contributed by atoms with Crippen LogP contribution in [0, 0.1) is 11.3 Å². The summed E-state index contributed by atoms with van der Waals surface area (Å²) in [6.45, 7) is 3.03. The van der Waals surface area contributed by atoms with Gasteiger partial charge in [-0.15, -0.1) is 0 Å². The number of likely N-dealkylation sites (N-methyl/N-ethyl adjacent to an activating group) is 1. The molecule has 1 heterocycles. The number of carboxylic acids is 1. The lowest BCUT2D eigenvalue weighted by Crippen LogP contribution is -2.28. The zero-order valence-corrected chi connectivity index (χ0v) is 17.6. The smallest absolute Gasteiger partial charge is 0.341 e. The quantitative estimate of drug-likeness (QED) is 0.525. The van der Waals surface area contributed by atoms with Crippen molar-refractivity contribution in [1.29, 1.82) is 5.26 Å². The number of halogens is 1. The average molecular weight is 433 g/mol. The van der Waals surface area contributed by atoms with E-state index in [1.54, 1.807) is 12.1 Å². The summed E-state index contributed by atoms with van der Waals surface area (Å²) in [5, 5.41) is 22.0. The Morgan fingerprint density at radius 1 is 1.40 bits per heavy atom. The van der Waals surface area contributed by atoms with E-state index in [1.165, 1.54) is 6.20 Å². The first-order valence-corrected chi connectivity index (χ1v) is 10.3. The van der Waals surface area contributed by atoms with E-state index in [-0.39, 0.29) is 11.6 Å². The third-order valence-electron chi connectivity index (χ3n) is 5.08. The molecule has 1 fully saturated rings. The lowest BCUT2D eigenvalue weighted by Gasteiger charge is -2.18. The highest BCUT2D eigenvalue weighted by Crippen LogP contribution is 2.38. The zero-order valence-electron chi connectivity index (χ0n) is 16.9. The van der Waals surface area contributed by atoms with Crippen LogP contribution in [0.15, 0.2) is 23.1 Å². The molecule has 0 spiro atoms. The van der Waals surface area contributed by atoms with Crippen molar-refractivity contribution in [1.82, 2.24) is 9.47 Å². The van der Waals surface area contributed by atoms with Crippen molar-refractivity contribution in [2.75, 3.05) is 45.2 Å². The van der Waals surface area contributed by atoms with E-state index < -0.39 is 11.4 Å². The van der Waals surface area contributed by atoms with E-state index in [9.17, 15) is 14.7 Å². The minimum atomic E-state index is -1.22. The first-order valence-electron chi connectivity index (χ1n) is 9.91. The molecule has 2 N–H and O–H groups in total. The van der Waals surface area contributed by atoms with Crippen LogP contribution >= 0.6 is 11.6 Å². The first kappa shape index (κ1) is 22.1.